The van der Waals surface area contributed by atoms with Crippen molar-refractivity contribution in [1.82, 2.24) is 14.9 Å². The first-order valence-corrected chi connectivity index (χ1v) is 10.3. The summed E-state index contributed by atoms with van der Waals surface area (Å²) in [5, 5.41) is 13.5. The van der Waals surface area contributed by atoms with E-state index in [0.717, 1.165) is 17.0 Å². The van der Waals surface area contributed by atoms with Gasteiger partial charge >= 0.3 is 0 Å². The van der Waals surface area contributed by atoms with Crippen LogP contribution in [0.15, 0.2) is 46.9 Å². The number of amides is 1. The molecule has 3 N–H and O–H groups in total. The number of hydrogen-bond acceptors (Lipinski definition) is 6. The summed E-state index contributed by atoms with van der Waals surface area (Å²) >= 11 is 2.81. The molecular formula is C18H21N5OS2. The van der Waals surface area contributed by atoms with Crippen molar-refractivity contribution in [3.8, 4) is 10.7 Å². The molecule has 0 aliphatic heterocycles. The van der Waals surface area contributed by atoms with Gasteiger partial charge < -0.3 is 11.2 Å². The van der Waals surface area contributed by atoms with Crippen molar-refractivity contribution in [3.05, 3.63) is 47.3 Å². The normalized spacial score (nSPS) is 10.8. The van der Waals surface area contributed by atoms with Crippen LogP contribution in [0.5, 0.6) is 0 Å². The molecule has 0 aliphatic rings. The number of nitrogen functional groups attached to an aromatic ring is 1. The standard InChI is InChI=1S/C18H21N5OS2/c1-2-3-5-13-7-9-14(10-8-13)20-16(24)12-26-18-22-21-17(23(18)19)15-6-4-11-25-15/h4,6-11H,2-3,5,12,19H2,1H3,(H,20,24). The highest BCUT2D eigenvalue weighted by Crippen LogP contribution is 2.25. The topological polar surface area (TPSA) is 85.8 Å². The van der Waals surface area contributed by atoms with Crippen LogP contribution in [0.25, 0.3) is 10.7 Å². The average Bonchev–Trinajstić information content (AvgIpc) is 3.29. The molecule has 1 aromatic carbocycles. The third kappa shape index (κ3) is 4.64. The molecular weight excluding hydrogens is 366 g/mol. The van der Waals surface area contributed by atoms with E-state index in [9.17, 15) is 4.79 Å². The third-order valence-corrected chi connectivity index (χ3v) is 5.60. The fourth-order valence-electron chi connectivity index (χ4n) is 2.41. The summed E-state index contributed by atoms with van der Waals surface area (Å²) in [6, 6.07) is 11.9. The lowest BCUT2D eigenvalue weighted by molar-refractivity contribution is -0.113. The van der Waals surface area contributed by atoms with E-state index in [1.807, 2.05) is 29.6 Å². The number of thioether (sulfide) groups is 1. The van der Waals surface area contributed by atoms with Gasteiger partial charge in [0, 0.05) is 5.69 Å². The second kappa shape index (κ2) is 8.86. The lowest BCUT2D eigenvalue weighted by Gasteiger charge is -2.06. The number of carbonyl (C=O) groups is 1. The van der Waals surface area contributed by atoms with E-state index in [1.165, 1.54) is 34.8 Å². The predicted octanol–water partition coefficient (Wildman–Crippen LogP) is 3.79. The van der Waals surface area contributed by atoms with Crippen molar-refractivity contribution in [2.24, 2.45) is 0 Å². The van der Waals surface area contributed by atoms with Gasteiger partial charge in [-0.3, -0.25) is 4.79 Å². The Morgan fingerprint density at radius 3 is 2.77 bits per heavy atom. The van der Waals surface area contributed by atoms with Crippen molar-refractivity contribution in [2.45, 2.75) is 31.3 Å². The quantitative estimate of drug-likeness (QED) is 0.454. The summed E-state index contributed by atoms with van der Waals surface area (Å²) in [5.74, 6) is 6.76. The Kier molecular flexibility index (Phi) is 6.30. The number of unbranched alkanes of at least 4 members (excludes halogenated alkanes) is 1. The van der Waals surface area contributed by atoms with E-state index >= 15 is 0 Å². The van der Waals surface area contributed by atoms with Gasteiger partial charge in [-0.05, 0) is 42.0 Å². The molecule has 8 heteroatoms. The highest BCUT2D eigenvalue weighted by Gasteiger charge is 2.14. The number of nitrogens with one attached hydrogen (secondary N) is 1. The molecule has 3 rings (SSSR count). The van der Waals surface area contributed by atoms with Gasteiger partial charge in [0.25, 0.3) is 0 Å². The lowest BCUT2D eigenvalue weighted by atomic mass is 10.1. The summed E-state index contributed by atoms with van der Waals surface area (Å²) in [5.41, 5.74) is 2.08. The first-order chi connectivity index (χ1) is 12.7. The van der Waals surface area contributed by atoms with Crippen molar-refractivity contribution in [2.75, 3.05) is 16.9 Å². The Balaban J connectivity index is 1.53. The molecule has 0 saturated heterocycles. The van der Waals surface area contributed by atoms with Crippen molar-refractivity contribution >= 4 is 34.7 Å². The first kappa shape index (κ1) is 18.5. The lowest BCUT2D eigenvalue weighted by Crippen LogP contribution is -2.16. The number of benzene rings is 1. The molecule has 0 saturated carbocycles. The molecule has 0 aliphatic carbocycles. The molecule has 3 aromatic rings. The van der Waals surface area contributed by atoms with Gasteiger partial charge in [0.05, 0.1) is 10.6 Å². The molecule has 1 amide bonds. The molecule has 0 spiro atoms. The molecule has 0 radical (unpaired) electrons. The second-order valence-corrected chi connectivity index (χ2v) is 7.68. The van der Waals surface area contributed by atoms with Gasteiger partial charge in [-0.2, -0.15) is 0 Å². The molecule has 6 nitrogen and oxygen atoms in total. The Hall–Kier alpha value is -2.32. The Morgan fingerprint density at radius 2 is 2.08 bits per heavy atom. The Bertz CT molecular complexity index is 843. The molecule has 0 unspecified atom stereocenters. The number of hydrogen-bond donors (Lipinski definition) is 2. The minimum absolute atomic E-state index is 0.100. The average molecular weight is 388 g/mol. The van der Waals surface area contributed by atoms with Crippen molar-refractivity contribution < 1.29 is 4.79 Å². The van der Waals surface area contributed by atoms with Gasteiger partial charge in [0.2, 0.25) is 11.1 Å². The molecule has 0 bridgehead atoms. The molecule has 2 aromatic heterocycles. The highest BCUT2D eigenvalue weighted by atomic mass is 32.2. The number of nitrogens with zero attached hydrogens (tertiary/aromatic N) is 3. The van der Waals surface area contributed by atoms with Gasteiger partial charge in [0.15, 0.2) is 5.82 Å². The van der Waals surface area contributed by atoms with E-state index < -0.39 is 0 Å². The zero-order chi connectivity index (χ0) is 18.4. The number of anilines is 1. The smallest absolute Gasteiger partial charge is 0.234 e. The van der Waals surface area contributed by atoms with Crippen LogP contribution in [0.4, 0.5) is 5.69 Å². The van der Waals surface area contributed by atoms with E-state index in [1.54, 1.807) is 11.3 Å². The van der Waals surface area contributed by atoms with E-state index in [0.29, 0.717) is 11.0 Å². The van der Waals surface area contributed by atoms with Crippen LogP contribution in [0.1, 0.15) is 25.3 Å². The maximum atomic E-state index is 12.2. The number of aryl methyl sites for hydroxylation is 1. The number of nitrogens with two attached hydrogens (primary N) is 1. The minimum atomic E-state index is -0.100. The van der Waals surface area contributed by atoms with Crippen LogP contribution in [-0.2, 0) is 11.2 Å². The second-order valence-electron chi connectivity index (χ2n) is 5.79. The SMILES string of the molecule is CCCCc1ccc(NC(=O)CSc2nnc(-c3cccs3)n2N)cc1. The summed E-state index contributed by atoms with van der Waals surface area (Å²) in [6.45, 7) is 2.18. The fraction of sp³-hybridized carbons (Fsp3) is 0.278. The van der Waals surface area contributed by atoms with Crippen molar-refractivity contribution in [1.29, 1.82) is 0 Å². The van der Waals surface area contributed by atoms with Crippen molar-refractivity contribution in [3.63, 3.8) is 0 Å². The van der Waals surface area contributed by atoms with E-state index in [4.69, 9.17) is 5.84 Å². The summed E-state index contributed by atoms with van der Waals surface area (Å²) in [4.78, 5) is 13.1. The molecule has 26 heavy (non-hydrogen) atoms. The molecule has 0 atom stereocenters. The summed E-state index contributed by atoms with van der Waals surface area (Å²) in [6.07, 6.45) is 3.42. The van der Waals surface area contributed by atoms with Crippen LogP contribution in [0.2, 0.25) is 0 Å². The number of carbonyl (C=O) groups excluding carboxylic acids is 1. The number of thiophene rings is 1. The maximum absolute atomic E-state index is 12.2. The summed E-state index contributed by atoms with van der Waals surface area (Å²) in [7, 11) is 0. The minimum Gasteiger partial charge on any atom is -0.335 e. The van der Waals surface area contributed by atoms with Gasteiger partial charge in [-0.15, -0.1) is 21.5 Å². The van der Waals surface area contributed by atoms with E-state index in [-0.39, 0.29) is 11.7 Å². The Labute approximate surface area is 160 Å². The maximum Gasteiger partial charge on any atom is 0.234 e. The molecule has 2 heterocycles. The van der Waals surface area contributed by atoms with Crippen LogP contribution in [-0.4, -0.2) is 26.5 Å². The predicted molar refractivity (Wildman–Crippen MR) is 108 cm³/mol. The summed E-state index contributed by atoms with van der Waals surface area (Å²) < 4.78 is 1.42. The van der Waals surface area contributed by atoms with Crippen LogP contribution < -0.4 is 11.2 Å². The Morgan fingerprint density at radius 1 is 1.27 bits per heavy atom. The first-order valence-electron chi connectivity index (χ1n) is 8.43. The zero-order valence-corrected chi connectivity index (χ0v) is 16.1. The number of aromatic nitrogens is 3. The fourth-order valence-corrected chi connectivity index (χ4v) is 3.77. The van der Waals surface area contributed by atoms with Crippen LogP contribution in [0, 0.1) is 0 Å². The van der Waals surface area contributed by atoms with Gasteiger partial charge in [0.1, 0.15) is 0 Å². The zero-order valence-electron chi connectivity index (χ0n) is 14.5. The molecule has 136 valence electrons. The van der Waals surface area contributed by atoms with Gasteiger partial charge in [-0.1, -0.05) is 43.3 Å². The molecule has 0 fully saturated rings. The largest absolute Gasteiger partial charge is 0.335 e. The van der Waals surface area contributed by atoms with Crippen LogP contribution >= 0.6 is 23.1 Å². The van der Waals surface area contributed by atoms with Crippen LogP contribution in [0.3, 0.4) is 0 Å². The van der Waals surface area contributed by atoms with E-state index in [2.05, 4.69) is 34.6 Å². The highest BCUT2D eigenvalue weighted by molar-refractivity contribution is 7.99. The van der Waals surface area contributed by atoms with Gasteiger partial charge in [-0.25, -0.2) is 4.68 Å². The monoisotopic (exact) mass is 387 g/mol. The third-order valence-electron chi connectivity index (χ3n) is 3.80. The number of rotatable bonds is 8.